The molecule has 0 atom stereocenters. The van der Waals surface area contributed by atoms with Gasteiger partial charge < -0.3 is 9.64 Å². The van der Waals surface area contributed by atoms with Crippen LogP contribution in [0.1, 0.15) is 23.7 Å². The summed E-state index contributed by atoms with van der Waals surface area (Å²) in [7, 11) is -3.61. The zero-order valence-corrected chi connectivity index (χ0v) is 17.2. The maximum absolute atomic E-state index is 12.9. The smallest absolute Gasteiger partial charge is 0.243 e. The third-order valence-electron chi connectivity index (χ3n) is 4.91. The molecule has 29 heavy (non-hydrogen) atoms. The molecule has 1 aliphatic rings. The summed E-state index contributed by atoms with van der Waals surface area (Å²) in [6, 6.07) is 12.1. The van der Waals surface area contributed by atoms with Gasteiger partial charge in [0.25, 0.3) is 0 Å². The van der Waals surface area contributed by atoms with Crippen LogP contribution in [0.25, 0.3) is 0 Å². The molecular weight excluding hydrogens is 395 g/mol. The number of rotatable bonds is 8. The van der Waals surface area contributed by atoms with Crippen molar-refractivity contribution in [3.8, 4) is 5.75 Å². The minimum absolute atomic E-state index is 0.158. The number of carbonyl (C=O) groups is 1. The number of ketones is 1. The fourth-order valence-corrected chi connectivity index (χ4v) is 4.70. The van der Waals surface area contributed by atoms with E-state index in [4.69, 9.17) is 4.74 Å². The highest BCUT2D eigenvalue weighted by Gasteiger charge is 2.28. The molecule has 3 rings (SSSR count). The van der Waals surface area contributed by atoms with Gasteiger partial charge in [0, 0.05) is 38.3 Å². The number of halogens is 1. The summed E-state index contributed by atoms with van der Waals surface area (Å²) < 4.78 is 45.7. The van der Waals surface area contributed by atoms with Gasteiger partial charge in [-0.1, -0.05) is 12.1 Å². The number of hydrogen-bond donors (Lipinski definition) is 0. The number of hydrogen-bond acceptors (Lipinski definition) is 5. The fourth-order valence-electron chi connectivity index (χ4n) is 3.23. The Balaban J connectivity index is 1.46. The Morgan fingerprint density at radius 2 is 1.76 bits per heavy atom. The maximum Gasteiger partial charge on any atom is 0.243 e. The van der Waals surface area contributed by atoms with Gasteiger partial charge in [-0.05, 0) is 49.7 Å². The van der Waals surface area contributed by atoms with E-state index in [0.717, 1.165) is 13.0 Å². The van der Waals surface area contributed by atoms with E-state index in [0.29, 0.717) is 44.1 Å². The Morgan fingerprint density at radius 1 is 1.07 bits per heavy atom. The molecule has 0 spiro atoms. The van der Waals surface area contributed by atoms with Crippen molar-refractivity contribution >= 4 is 15.8 Å². The van der Waals surface area contributed by atoms with Gasteiger partial charge in [-0.3, -0.25) is 4.79 Å². The molecule has 1 heterocycles. The molecule has 2 aromatic carbocycles. The molecule has 0 aliphatic carbocycles. The average Bonchev–Trinajstić information content (AvgIpc) is 2.73. The molecule has 0 N–H and O–H groups in total. The van der Waals surface area contributed by atoms with Crippen LogP contribution in [0, 0.1) is 5.82 Å². The predicted octanol–water partition coefficient (Wildman–Crippen LogP) is 2.80. The van der Waals surface area contributed by atoms with Crippen LogP contribution in [0.2, 0.25) is 0 Å². The van der Waals surface area contributed by atoms with E-state index in [1.54, 1.807) is 24.3 Å². The molecule has 1 fully saturated rings. The molecule has 8 heteroatoms. The number of piperazine rings is 1. The molecule has 0 radical (unpaired) electrons. The first-order chi connectivity index (χ1) is 13.9. The molecule has 0 bridgehead atoms. The Labute approximate surface area is 170 Å². The van der Waals surface area contributed by atoms with E-state index < -0.39 is 10.0 Å². The third kappa shape index (κ3) is 5.62. The Bertz CT molecular complexity index is 939. The van der Waals surface area contributed by atoms with Crippen LogP contribution in [0.3, 0.4) is 0 Å². The SMILES string of the molecule is CC(=O)c1cccc(S(=O)(=O)N2CCN(CCCOc3ccc(F)cc3)CC2)c1. The van der Waals surface area contributed by atoms with Crippen molar-refractivity contribution in [3.63, 3.8) is 0 Å². The lowest BCUT2D eigenvalue weighted by Gasteiger charge is -2.34. The van der Waals surface area contributed by atoms with E-state index in [1.807, 2.05) is 0 Å². The fraction of sp³-hybridized carbons (Fsp3) is 0.381. The minimum atomic E-state index is -3.61. The van der Waals surface area contributed by atoms with E-state index in [9.17, 15) is 17.6 Å². The second-order valence-corrected chi connectivity index (χ2v) is 8.92. The molecular formula is C21H25FN2O4S. The maximum atomic E-state index is 12.9. The van der Waals surface area contributed by atoms with Crippen molar-refractivity contribution in [1.82, 2.24) is 9.21 Å². The van der Waals surface area contributed by atoms with Gasteiger partial charge in [0.05, 0.1) is 11.5 Å². The summed E-state index contributed by atoms with van der Waals surface area (Å²) in [6.07, 6.45) is 0.796. The van der Waals surface area contributed by atoms with Gasteiger partial charge in [0.1, 0.15) is 11.6 Å². The lowest BCUT2D eigenvalue weighted by molar-refractivity contribution is 0.101. The molecule has 1 aliphatic heterocycles. The zero-order valence-electron chi connectivity index (χ0n) is 16.4. The summed E-state index contributed by atoms with van der Waals surface area (Å²) in [5.41, 5.74) is 0.394. The van der Waals surface area contributed by atoms with Crippen molar-refractivity contribution in [2.24, 2.45) is 0 Å². The highest BCUT2D eigenvalue weighted by molar-refractivity contribution is 7.89. The van der Waals surface area contributed by atoms with Gasteiger partial charge in [0.2, 0.25) is 10.0 Å². The lowest BCUT2D eigenvalue weighted by Crippen LogP contribution is -2.48. The van der Waals surface area contributed by atoms with Crippen molar-refractivity contribution < 1.29 is 22.3 Å². The topological polar surface area (TPSA) is 66.9 Å². The summed E-state index contributed by atoms with van der Waals surface area (Å²) >= 11 is 0. The minimum Gasteiger partial charge on any atom is -0.494 e. The number of ether oxygens (including phenoxy) is 1. The number of benzene rings is 2. The summed E-state index contributed by atoms with van der Waals surface area (Å²) in [4.78, 5) is 13.9. The van der Waals surface area contributed by atoms with Gasteiger partial charge in [-0.2, -0.15) is 4.31 Å². The number of nitrogens with zero attached hydrogens (tertiary/aromatic N) is 2. The highest BCUT2D eigenvalue weighted by Crippen LogP contribution is 2.19. The average molecular weight is 421 g/mol. The van der Waals surface area contributed by atoms with E-state index in [2.05, 4.69) is 4.90 Å². The lowest BCUT2D eigenvalue weighted by atomic mass is 10.2. The van der Waals surface area contributed by atoms with Crippen molar-refractivity contribution in [1.29, 1.82) is 0 Å². The Hall–Kier alpha value is -2.29. The van der Waals surface area contributed by atoms with E-state index in [1.165, 1.54) is 35.5 Å². The molecule has 2 aromatic rings. The first kappa shape index (κ1) is 21.4. The first-order valence-electron chi connectivity index (χ1n) is 9.58. The second kappa shape index (κ2) is 9.47. The number of sulfonamides is 1. The number of carbonyl (C=O) groups excluding carboxylic acids is 1. The van der Waals surface area contributed by atoms with Crippen LogP contribution in [0.5, 0.6) is 5.75 Å². The molecule has 6 nitrogen and oxygen atoms in total. The van der Waals surface area contributed by atoms with Gasteiger partial charge >= 0.3 is 0 Å². The Kier molecular flexibility index (Phi) is 7.00. The molecule has 0 unspecified atom stereocenters. The van der Waals surface area contributed by atoms with Crippen LogP contribution in [0.15, 0.2) is 53.4 Å². The van der Waals surface area contributed by atoms with Crippen LogP contribution in [0.4, 0.5) is 4.39 Å². The zero-order chi connectivity index (χ0) is 20.9. The predicted molar refractivity (Wildman–Crippen MR) is 108 cm³/mol. The largest absolute Gasteiger partial charge is 0.494 e. The number of Topliss-reactive ketones (excluding diaryl/α,β-unsaturated/α-hetero) is 1. The van der Waals surface area contributed by atoms with Gasteiger partial charge in [0.15, 0.2) is 5.78 Å². The molecule has 0 saturated carbocycles. The van der Waals surface area contributed by atoms with Crippen molar-refractivity contribution in [2.75, 3.05) is 39.3 Å². The van der Waals surface area contributed by atoms with E-state index >= 15 is 0 Å². The highest BCUT2D eigenvalue weighted by atomic mass is 32.2. The molecule has 0 aromatic heterocycles. The van der Waals surface area contributed by atoms with Crippen LogP contribution >= 0.6 is 0 Å². The van der Waals surface area contributed by atoms with Crippen LogP contribution < -0.4 is 4.74 Å². The monoisotopic (exact) mass is 420 g/mol. The van der Waals surface area contributed by atoms with Crippen LogP contribution in [-0.2, 0) is 10.0 Å². The molecule has 1 saturated heterocycles. The van der Waals surface area contributed by atoms with Crippen molar-refractivity contribution in [2.45, 2.75) is 18.2 Å². The summed E-state index contributed by atoms with van der Waals surface area (Å²) in [5, 5.41) is 0. The second-order valence-electron chi connectivity index (χ2n) is 6.99. The van der Waals surface area contributed by atoms with E-state index in [-0.39, 0.29) is 16.5 Å². The summed E-state index contributed by atoms with van der Waals surface area (Å²) in [5.74, 6) is 0.183. The normalized spacial score (nSPS) is 15.9. The van der Waals surface area contributed by atoms with Crippen molar-refractivity contribution in [3.05, 3.63) is 59.9 Å². The molecule has 0 amide bonds. The third-order valence-corrected chi connectivity index (χ3v) is 6.81. The van der Waals surface area contributed by atoms with Gasteiger partial charge in [-0.25, -0.2) is 12.8 Å². The molecule has 156 valence electrons. The van der Waals surface area contributed by atoms with Gasteiger partial charge in [-0.15, -0.1) is 0 Å². The summed E-state index contributed by atoms with van der Waals surface area (Å²) in [6.45, 7) is 4.84. The quantitative estimate of drug-likeness (QED) is 0.485. The Morgan fingerprint density at radius 3 is 2.41 bits per heavy atom. The first-order valence-corrected chi connectivity index (χ1v) is 11.0. The standard InChI is InChI=1S/C21H25FN2O4S/c1-17(25)18-4-2-5-21(16-18)29(26,27)24-13-11-23(12-14-24)10-3-15-28-20-8-6-19(22)7-9-20/h2,4-9,16H,3,10-15H2,1H3. The van der Waals surface area contributed by atoms with Crippen LogP contribution in [-0.4, -0.2) is 62.7 Å².